The van der Waals surface area contributed by atoms with Gasteiger partial charge in [0.05, 0.1) is 21.8 Å². The van der Waals surface area contributed by atoms with Gasteiger partial charge in [-0.1, -0.05) is 94.2 Å². The van der Waals surface area contributed by atoms with E-state index in [-0.39, 0.29) is 6.61 Å². The first kappa shape index (κ1) is 22.7. The third-order valence-corrected chi connectivity index (χ3v) is 6.91. The monoisotopic (exact) mass is 501 g/mol. The highest BCUT2D eigenvalue weighted by atomic mass is 35.5. The fourth-order valence-electron chi connectivity index (χ4n) is 3.04. The molecule has 4 rings (SSSR count). The molecule has 0 N–H and O–H groups in total. The lowest BCUT2D eigenvalue weighted by molar-refractivity contribution is 0.132. The molecule has 0 bridgehead atoms. The molecule has 1 aromatic heterocycles. The average molecular weight is 503 g/mol. The number of nitrogens with zero attached hydrogens (tertiary/aromatic N) is 3. The summed E-state index contributed by atoms with van der Waals surface area (Å²) < 4.78 is 1.84. The summed E-state index contributed by atoms with van der Waals surface area (Å²) in [5.74, 6) is 0. The van der Waals surface area contributed by atoms with Crippen LogP contribution in [0.15, 0.2) is 87.9 Å². The Hall–Kier alpha value is -2.44. The van der Waals surface area contributed by atoms with Crippen molar-refractivity contribution in [1.29, 1.82) is 0 Å². The molecule has 162 valence electrons. The van der Waals surface area contributed by atoms with Crippen LogP contribution in [0.1, 0.15) is 11.1 Å². The zero-order valence-corrected chi connectivity index (χ0v) is 20.1. The summed E-state index contributed by atoms with van der Waals surface area (Å²) in [7, 11) is 1.91. The molecular formula is C24H18Cl3N3OS. The molecule has 0 radical (unpaired) electrons. The molecule has 1 heterocycles. The van der Waals surface area contributed by atoms with Crippen molar-refractivity contribution in [3.05, 3.63) is 99.0 Å². The minimum Gasteiger partial charge on any atom is -0.391 e. The minimum atomic E-state index is 0.205. The zero-order chi connectivity index (χ0) is 22.5. The van der Waals surface area contributed by atoms with Gasteiger partial charge in [-0.25, -0.2) is 0 Å². The van der Waals surface area contributed by atoms with Crippen LogP contribution in [0.5, 0.6) is 0 Å². The van der Waals surface area contributed by atoms with Gasteiger partial charge in [-0.2, -0.15) is 5.10 Å². The maximum Gasteiger partial charge on any atom is 0.143 e. The van der Waals surface area contributed by atoms with E-state index < -0.39 is 0 Å². The summed E-state index contributed by atoms with van der Waals surface area (Å²) in [6.45, 7) is 0.205. The van der Waals surface area contributed by atoms with Crippen molar-refractivity contribution in [3.8, 4) is 11.3 Å². The highest BCUT2D eigenvalue weighted by Crippen LogP contribution is 2.35. The van der Waals surface area contributed by atoms with Crippen LogP contribution >= 0.6 is 46.6 Å². The Labute approximate surface area is 205 Å². The Morgan fingerprint density at radius 3 is 2.47 bits per heavy atom. The van der Waals surface area contributed by atoms with Crippen LogP contribution in [0.25, 0.3) is 11.3 Å². The molecule has 0 aliphatic heterocycles. The summed E-state index contributed by atoms with van der Waals surface area (Å²) in [4.78, 5) is 6.58. The van der Waals surface area contributed by atoms with E-state index in [0.717, 1.165) is 32.3 Å². The normalized spacial score (nSPS) is 11.2. The molecule has 0 amide bonds. The van der Waals surface area contributed by atoms with Crippen molar-refractivity contribution in [1.82, 2.24) is 9.78 Å². The molecule has 0 atom stereocenters. The highest BCUT2D eigenvalue weighted by Gasteiger charge is 2.18. The lowest BCUT2D eigenvalue weighted by Gasteiger charge is -2.05. The molecule has 0 fully saturated rings. The van der Waals surface area contributed by atoms with E-state index in [1.165, 1.54) is 0 Å². The molecule has 0 aliphatic carbocycles. The van der Waals surface area contributed by atoms with Gasteiger partial charge in [-0.05, 0) is 30.3 Å². The fraction of sp³-hybridized carbons (Fsp3) is 0.0833. The van der Waals surface area contributed by atoms with Crippen LogP contribution in [0.3, 0.4) is 0 Å². The standard InChI is InChI=1S/C24H18Cl3N3OS/c1-30-24(32-19-12-10-18(25)11-13-19)20(23(29-30)16-6-3-2-4-7-16)14-28-31-15-17-8-5-9-21(26)22(17)27/h2-14H,15H2,1H3. The first-order valence-electron chi connectivity index (χ1n) is 9.67. The Bertz CT molecular complexity index is 1240. The largest absolute Gasteiger partial charge is 0.391 e. The van der Waals surface area contributed by atoms with Crippen LogP contribution in [0.2, 0.25) is 15.1 Å². The topological polar surface area (TPSA) is 39.4 Å². The van der Waals surface area contributed by atoms with Crippen LogP contribution in [0.4, 0.5) is 0 Å². The maximum atomic E-state index is 6.23. The zero-order valence-electron chi connectivity index (χ0n) is 17.0. The molecular weight excluding hydrogens is 485 g/mol. The number of benzene rings is 3. The lowest BCUT2D eigenvalue weighted by Crippen LogP contribution is -1.94. The molecule has 4 aromatic rings. The Morgan fingerprint density at radius 1 is 0.969 bits per heavy atom. The van der Waals surface area contributed by atoms with Gasteiger partial charge in [0.1, 0.15) is 17.3 Å². The van der Waals surface area contributed by atoms with Gasteiger partial charge in [0.2, 0.25) is 0 Å². The number of hydrogen-bond donors (Lipinski definition) is 0. The molecule has 3 aromatic carbocycles. The second kappa shape index (κ2) is 10.5. The first-order valence-corrected chi connectivity index (χ1v) is 11.6. The number of aromatic nitrogens is 2. The SMILES string of the molecule is Cn1nc(-c2ccccc2)c(C=NOCc2cccc(Cl)c2Cl)c1Sc1ccc(Cl)cc1. The van der Waals surface area contributed by atoms with Gasteiger partial charge < -0.3 is 4.84 Å². The van der Waals surface area contributed by atoms with Gasteiger partial charge in [0.15, 0.2) is 0 Å². The summed E-state index contributed by atoms with van der Waals surface area (Å²) in [5.41, 5.74) is 3.43. The smallest absolute Gasteiger partial charge is 0.143 e. The van der Waals surface area contributed by atoms with E-state index in [0.29, 0.717) is 15.1 Å². The fourth-order valence-corrected chi connectivity index (χ4v) is 4.47. The Kier molecular flexibility index (Phi) is 7.43. The third kappa shape index (κ3) is 5.30. The van der Waals surface area contributed by atoms with Gasteiger partial charge >= 0.3 is 0 Å². The second-order valence-electron chi connectivity index (χ2n) is 6.83. The van der Waals surface area contributed by atoms with E-state index in [1.54, 1.807) is 24.0 Å². The van der Waals surface area contributed by atoms with Crippen molar-refractivity contribution in [2.24, 2.45) is 12.2 Å². The molecule has 32 heavy (non-hydrogen) atoms. The number of aryl methyl sites for hydroxylation is 1. The van der Waals surface area contributed by atoms with E-state index in [9.17, 15) is 0 Å². The second-order valence-corrected chi connectivity index (χ2v) is 9.12. The molecule has 0 spiro atoms. The van der Waals surface area contributed by atoms with Crippen LogP contribution in [0, 0.1) is 0 Å². The Morgan fingerprint density at radius 2 is 1.72 bits per heavy atom. The third-order valence-electron chi connectivity index (χ3n) is 4.61. The highest BCUT2D eigenvalue weighted by molar-refractivity contribution is 7.99. The van der Waals surface area contributed by atoms with Gasteiger partial charge in [0.25, 0.3) is 0 Å². The molecule has 8 heteroatoms. The van der Waals surface area contributed by atoms with E-state index in [4.69, 9.17) is 44.7 Å². The van der Waals surface area contributed by atoms with Gasteiger partial charge in [-0.15, -0.1) is 0 Å². The van der Waals surface area contributed by atoms with Crippen LogP contribution in [-0.2, 0) is 18.5 Å². The quantitative estimate of drug-likeness (QED) is 0.191. The summed E-state index contributed by atoms with van der Waals surface area (Å²) in [6.07, 6.45) is 1.69. The van der Waals surface area contributed by atoms with Crippen molar-refractivity contribution in [2.75, 3.05) is 0 Å². The van der Waals surface area contributed by atoms with E-state index >= 15 is 0 Å². The summed E-state index contributed by atoms with van der Waals surface area (Å²) in [5, 5.41) is 11.5. The van der Waals surface area contributed by atoms with Crippen molar-refractivity contribution in [3.63, 3.8) is 0 Å². The molecule has 0 unspecified atom stereocenters. The first-order chi connectivity index (χ1) is 15.5. The predicted octanol–water partition coefficient (Wildman–Crippen LogP) is 7.75. The maximum absolute atomic E-state index is 6.23. The number of halogens is 3. The Balaban J connectivity index is 1.64. The molecule has 0 aliphatic rings. The van der Waals surface area contributed by atoms with Crippen molar-refractivity contribution >= 4 is 52.8 Å². The average Bonchev–Trinajstić information content (AvgIpc) is 3.11. The minimum absolute atomic E-state index is 0.205. The molecule has 0 saturated carbocycles. The number of rotatable bonds is 7. The lowest BCUT2D eigenvalue weighted by atomic mass is 10.1. The van der Waals surface area contributed by atoms with Crippen molar-refractivity contribution in [2.45, 2.75) is 16.5 Å². The van der Waals surface area contributed by atoms with E-state index in [2.05, 4.69) is 5.16 Å². The van der Waals surface area contributed by atoms with Gasteiger partial charge in [0, 0.05) is 28.1 Å². The predicted molar refractivity (Wildman–Crippen MR) is 133 cm³/mol. The van der Waals surface area contributed by atoms with Crippen molar-refractivity contribution < 1.29 is 4.84 Å². The summed E-state index contributed by atoms with van der Waals surface area (Å²) in [6, 6.07) is 23.1. The van der Waals surface area contributed by atoms with E-state index in [1.807, 2.05) is 78.5 Å². The van der Waals surface area contributed by atoms with Gasteiger partial charge in [-0.3, -0.25) is 4.68 Å². The van der Waals surface area contributed by atoms with Crippen LogP contribution < -0.4 is 0 Å². The summed E-state index contributed by atoms with van der Waals surface area (Å²) >= 11 is 19.9. The molecule has 4 nitrogen and oxygen atoms in total. The number of hydrogen-bond acceptors (Lipinski definition) is 4. The van der Waals surface area contributed by atoms with Crippen LogP contribution in [-0.4, -0.2) is 16.0 Å². The number of oxime groups is 1. The molecule has 0 saturated heterocycles.